The number of hydrogen-bond acceptors (Lipinski definition) is 3. The zero-order valence-electron chi connectivity index (χ0n) is 11.7. The number of likely N-dealkylation sites (N-methyl/N-ethyl adjacent to an activating group) is 1. The molecular weight excluding hydrogens is 212 g/mol. The van der Waals surface area contributed by atoms with Crippen LogP contribution in [-0.2, 0) is 4.74 Å². The highest BCUT2D eigenvalue weighted by atomic mass is 16.5. The zero-order chi connectivity index (χ0) is 12.3. The van der Waals surface area contributed by atoms with Crippen molar-refractivity contribution in [1.82, 2.24) is 10.2 Å². The average molecular weight is 240 g/mol. The maximum Gasteiger partial charge on any atom is 0.0601 e. The number of rotatable bonds is 5. The van der Waals surface area contributed by atoms with E-state index in [0.29, 0.717) is 17.7 Å². The summed E-state index contributed by atoms with van der Waals surface area (Å²) in [6, 6.07) is 0.693. The Morgan fingerprint density at radius 1 is 1.18 bits per heavy atom. The Morgan fingerprint density at radius 3 is 2.35 bits per heavy atom. The summed E-state index contributed by atoms with van der Waals surface area (Å²) < 4.78 is 5.33. The molecule has 0 aromatic carbocycles. The average Bonchev–Trinajstić information content (AvgIpc) is 2.28. The molecule has 0 radical (unpaired) electrons. The lowest BCUT2D eigenvalue weighted by molar-refractivity contribution is 0.00923. The van der Waals surface area contributed by atoms with Crippen LogP contribution in [0.1, 0.15) is 44.9 Å². The van der Waals surface area contributed by atoms with E-state index in [1.807, 2.05) is 7.11 Å². The molecule has 100 valence electrons. The third-order valence-corrected chi connectivity index (χ3v) is 4.88. The van der Waals surface area contributed by atoms with Crippen LogP contribution in [0.2, 0.25) is 0 Å². The topological polar surface area (TPSA) is 24.5 Å². The summed E-state index contributed by atoms with van der Waals surface area (Å²) in [5, 5.41) is 3.75. The standard InChI is InChI=1S/C14H28N2O/c1-16(2)14(7-5-4-6-8-14)11-15-12-9-13(10-12)17-3/h12-13,15H,4-11H2,1-3H3. The van der Waals surface area contributed by atoms with Gasteiger partial charge in [-0.15, -0.1) is 0 Å². The molecule has 3 heteroatoms. The van der Waals surface area contributed by atoms with Crippen LogP contribution in [0, 0.1) is 0 Å². The van der Waals surface area contributed by atoms with Crippen LogP contribution in [-0.4, -0.2) is 50.3 Å². The summed E-state index contributed by atoms with van der Waals surface area (Å²) >= 11 is 0. The smallest absolute Gasteiger partial charge is 0.0601 e. The van der Waals surface area contributed by atoms with E-state index in [-0.39, 0.29) is 0 Å². The highest BCUT2D eigenvalue weighted by molar-refractivity contribution is 4.95. The fourth-order valence-corrected chi connectivity index (χ4v) is 3.25. The van der Waals surface area contributed by atoms with E-state index in [0.717, 1.165) is 6.54 Å². The van der Waals surface area contributed by atoms with Crippen LogP contribution in [0.3, 0.4) is 0 Å². The van der Waals surface area contributed by atoms with E-state index in [4.69, 9.17) is 4.74 Å². The zero-order valence-corrected chi connectivity index (χ0v) is 11.7. The molecule has 0 atom stereocenters. The summed E-state index contributed by atoms with van der Waals surface area (Å²) in [4.78, 5) is 2.45. The van der Waals surface area contributed by atoms with Gasteiger partial charge in [0.2, 0.25) is 0 Å². The van der Waals surface area contributed by atoms with Crippen LogP contribution in [0.5, 0.6) is 0 Å². The van der Waals surface area contributed by atoms with E-state index in [2.05, 4.69) is 24.3 Å². The monoisotopic (exact) mass is 240 g/mol. The Kier molecular flexibility index (Phi) is 4.45. The van der Waals surface area contributed by atoms with E-state index in [1.165, 1.54) is 44.9 Å². The van der Waals surface area contributed by atoms with Gasteiger partial charge in [-0.1, -0.05) is 19.3 Å². The molecule has 17 heavy (non-hydrogen) atoms. The third-order valence-electron chi connectivity index (χ3n) is 4.88. The first-order valence-corrected chi connectivity index (χ1v) is 7.10. The predicted octanol–water partition coefficient (Wildman–Crippen LogP) is 2.02. The van der Waals surface area contributed by atoms with Crippen LogP contribution < -0.4 is 5.32 Å². The Bertz CT molecular complexity index is 230. The molecule has 0 amide bonds. The van der Waals surface area contributed by atoms with Crippen molar-refractivity contribution in [2.24, 2.45) is 0 Å². The van der Waals surface area contributed by atoms with Gasteiger partial charge >= 0.3 is 0 Å². The highest BCUT2D eigenvalue weighted by Gasteiger charge is 2.36. The van der Waals surface area contributed by atoms with Crippen molar-refractivity contribution >= 4 is 0 Å². The molecule has 0 aromatic rings. The van der Waals surface area contributed by atoms with Gasteiger partial charge in [0.1, 0.15) is 0 Å². The molecule has 2 rings (SSSR count). The molecule has 0 heterocycles. The van der Waals surface area contributed by atoms with Gasteiger partial charge in [0, 0.05) is 25.2 Å². The van der Waals surface area contributed by atoms with Gasteiger partial charge in [-0.25, -0.2) is 0 Å². The van der Waals surface area contributed by atoms with Crippen molar-refractivity contribution in [1.29, 1.82) is 0 Å². The molecule has 2 fully saturated rings. The number of methoxy groups -OCH3 is 1. The highest BCUT2D eigenvalue weighted by Crippen LogP contribution is 2.32. The van der Waals surface area contributed by atoms with Crippen LogP contribution in [0.4, 0.5) is 0 Å². The van der Waals surface area contributed by atoms with Crippen molar-refractivity contribution in [2.45, 2.75) is 62.6 Å². The second-order valence-electron chi connectivity index (χ2n) is 6.09. The minimum atomic E-state index is 0.413. The normalized spacial score (nSPS) is 32.5. The molecule has 2 saturated carbocycles. The quantitative estimate of drug-likeness (QED) is 0.795. The fourth-order valence-electron chi connectivity index (χ4n) is 3.25. The lowest BCUT2D eigenvalue weighted by atomic mass is 9.79. The first-order valence-electron chi connectivity index (χ1n) is 7.10. The van der Waals surface area contributed by atoms with Crippen LogP contribution in [0.15, 0.2) is 0 Å². The van der Waals surface area contributed by atoms with Crippen molar-refractivity contribution in [3.8, 4) is 0 Å². The van der Waals surface area contributed by atoms with Gasteiger partial charge in [-0.05, 0) is 39.8 Å². The maximum atomic E-state index is 5.33. The minimum absolute atomic E-state index is 0.413. The second-order valence-corrected chi connectivity index (χ2v) is 6.09. The Labute approximate surface area is 106 Å². The summed E-state index contributed by atoms with van der Waals surface area (Å²) in [7, 11) is 6.31. The van der Waals surface area contributed by atoms with Crippen LogP contribution in [0.25, 0.3) is 0 Å². The van der Waals surface area contributed by atoms with Gasteiger partial charge in [0.05, 0.1) is 6.10 Å². The maximum absolute atomic E-state index is 5.33. The third kappa shape index (κ3) is 3.01. The molecular formula is C14H28N2O. The molecule has 0 unspecified atom stereocenters. The number of nitrogens with zero attached hydrogens (tertiary/aromatic N) is 1. The number of ether oxygens (including phenoxy) is 1. The molecule has 0 aliphatic heterocycles. The molecule has 2 aliphatic rings. The lowest BCUT2D eigenvalue weighted by Crippen LogP contribution is -2.57. The Balaban J connectivity index is 1.78. The van der Waals surface area contributed by atoms with Crippen LogP contribution >= 0.6 is 0 Å². The second kappa shape index (κ2) is 5.68. The first-order chi connectivity index (χ1) is 8.16. The largest absolute Gasteiger partial charge is 0.381 e. The molecule has 3 nitrogen and oxygen atoms in total. The van der Waals surface area contributed by atoms with E-state index in [9.17, 15) is 0 Å². The van der Waals surface area contributed by atoms with Crippen molar-refractivity contribution in [2.75, 3.05) is 27.7 Å². The SMILES string of the molecule is COC1CC(NCC2(N(C)C)CCCCC2)C1. The van der Waals surface area contributed by atoms with Gasteiger partial charge in [-0.2, -0.15) is 0 Å². The van der Waals surface area contributed by atoms with Gasteiger partial charge in [0.25, 0.3) is 0 Å². The number of hydrogen-bond donors (Lipinski definition) is 1. The molecule has 0 saturated heterocycles. The van der Waals surface area contributed by atoms with Gasteiger partial charge in [-0.3, -0.25) is 0 Å². The predicted molar refractivity (Wildman–Crippen MR) is 71.3 cm³/mol. The Hall–Kier alpha value is -0.120. The summed E-state index contributed by atoms with van der Waals surface area (Å²) in [6.07, 6.45) is 9.82. The number of nitrogens with one attached hydrogen (secondary N) is 1. The lowest BCUT2D eigenvalue weighted by Gasteiger charge is -2.45. The van der Waals surface area contributed by atoms with Crippen molar-refractivity contribution < 1.29 is 4.74 Å². The molecule has 0 spiro atoms. The summed E-state index contributed by atoms with van der Waals surface area (Å²) in [5.41, 5.74) is 0.413. The van der Waals surface area contributed by atoms with Gasteiger partial charge < -0.3 is 15.0 Å². The molecule has 1 N–H and O–H groups in total. The van der Waals surface area contributed by atoms with Crippen molar-refractivity contribution in [3.63, 3.8) is 0 Å². The summed E-state index contributed by atoms with van der Waals surface area (Å²) in [5.74, 6) is 0. The van der Waals surface area contributed by atoms with Crippen molar-refractivity contribution in [3.05, 3.63) is 0 Å². The molecule has 0 bridgehead atoms. The first kappa shape index (κ1) is 13.3. The minimum Gasteiger partial charge on any atom is -0.381 e. The van der Waals surface area contributed by atoms with Gasteiger partial charge in [0.15, 0.2) is 0 Å². The van der Waals surface area contributed by atoms with E-state index >= 15 is 0 Å². The fraction of sp³-hybridized carbons (Fsp3) is 1.00. The molecule has 0 aromatic heterocycles. The summed E-state index contributed by atoms with van der Waals surface area (Å²) in [6.45, 7) is 1.15. The van der Waals surface area contributed by atoms with E-state index in [1.54, 1.807) is 0 Å². The molecule has 2 aliphatic carbocycles. The Morgan fingerprint density at radius 2 is 1.82 bits per heavy atom. The van der Waals surface area contributed by atoms with E-state index < -0.39 is 0 Å².